The topological polar surface area (TPSA) is 60.9 Å². The second-order valence-corrected chi connectivity index (χ2v) is 8.18. The van der Waals surface area contributed by atoms with E-state index in [9.17, 15) is 14.4 Å². The highest BCUT2D eigenvalue weighted by Gasteiger charge is 2.31. The van der Waals surface area contributed by atoms with Crippen LogP contribution in [0.4, 0.5) is 0 Å². The van der Waals surface area contributed by atoms with Crippen molar-refractivity contribution < 1.29 is 14.4 Å². The predicted octanol–water partition coefficient (Wildman–Crippen LogP) is 1.63. The van der Waals surface area contributed by atoms with Crippen molar-refractivity contribution in [1.82, 2.24) is 14.7 Å². The van der Waals surface area contributed by atoms with Crippen LogP contribution in [0.5, 0.6) is 0 Å². The first kappa shape index (κ1) is 18.2. The van der Waals surface area contributed by atoms with Crippen molar-refractivity contribution in [2.24, 2.45) is 0 Å². The van der Waals surface area contributed by atoms with Crippen LogP contribution in [0.15, 0.2) is 12.1 Å². The highest BCUT2D eigenvalue weighted by atomic mass is 35.5. The Balaban J connectivity index is 1.43. The average molecular weight is 384 g/mol. The van der Waals surface area contributed by atoms with Crippen molar-refractivity contribution in [3.05, 3.63) is 21.3 Å². The summed E-state index contributed by atoms with van der Waals surface area (Å²) in [6.07, 6.45) is 3.06. The lowest BCUT2D eigenvalue weighted by atomic mass is 10.2. The Morgan fingerprint density at radius 3 is 2.00 bits per heavy atom. The van der Waals surface area contributed by atoms with Gasteiger partial charge in [-0.25, -0.2) is 0 Å². The van der Waals surface area contributed by atoms with Gasteiger partial charge in [0.05, 0.1) is 4.34 Å². The number of rotatable bonds is 3. The van der Waals surface area contributed by atoms with Crippen LogP contribution in [-0.2, 0) is 20.8 Å². The molecule has 2 aliphatic rings. The van der Waals surface area contributed by atoms with Gasteiger partial charge in [0.1, 0.15) is 0 Å². The van der Waals surface area contributed by atoms with Crippen LogP contribution in [0.3, 0.4) is 0 Å². The predicted molar refractivity (Wildman–Crippen MR) is 96.6 cm³/mol. The van der Waals surface area contributed by atoms with Crippen LogP contribution in [-0.4, -0.2) is 71.7 Å². The molecule has 1 aromatic heterocycles. The standard InChI is InChI=1S/C17H22ClN3O3S/c18-14-5-3-13(25-14)4-6-15(22)19-9-11-21(12-10-19)17(24)16(23)20-7-1-2-8-20/h3,5H,1-2,4,6-12H2. The second-order valence-electron chi connectivity index (χ2n) is 6.38. The number of aryl methyl sites for hydroxylation is 1. The zero-order valence-electron chi connectivity index (χ0n) is 14.1. The van der Waals surface area contributed by atoms with Gasteiger partial charge in [0, 0.05) is 50.6 Å². The molecule has 1 aromatic rings. The zero-order valence-corrected chi connectivity index (χ0v) is 15.7. The number of thiophene rings is 1. The molecular weight excluding hydrogens is 362 g/mol. The number of amides is 3. The Morgan fingerprint density at radius 1 is 0.880 bits per heavy atom. The summed E-state index contributed by atoms with van der Waals surface area (Å²) in [6, 6.07) is 3.79. The normalized spacial score (nSPS) is 17.9. The van der Waals surface area contributed by atoms with E-state index < -0.39 is 11.8 Å². The minimum atomic E-state index is -0.428. The van der Waals surface area contributed by atoms with Gasteiger partial charge in [0.2, 0.25) is 5.91 Å². The van der Waals surface area contributed by atoms with Crippen LogP contribution < -0.4 is 0 Å². The van der Waals surface area contributed by atoms with Crippen LogP contribution >= 0.6 is 22.9 Å². The molecule has 8 heteroatoms. The van der Waals surface area contributed by atoms with Crippen LogP contribution in [0.1, 0.15) is 24.1 Å². The van der Waals surface area contributed by atoms with Gasteiger partial charge in [-0.3, -0.25) is 14.4 Å². The first-order chi connectivity index (χ1) is 12.0. The van der Waals surface area contributed by atoms with Gasteiger partial charge in [-0.15, -0.1) is 11.3 Å². The Bertz CT molecular complexity index is 649. The Hall–Kier alpha value is -1.60. The van der Waals surface area contributed by atoms with Gasteiger partial charge in [-0.1, -0.05) is 11.6 Å². The summed E-state index contributed by atoms with van der Waals surface area (Å²) >= 11 is 7.39. The van der Waals surface area contributed by atoms with E-state index in [0.29, 0.717) is 52.1 Å². The number of hydrogen-bond donors (Lipinski definition) is 0. The van der Waals surface area contributed by atoms with Crippen molar-refractivity contribution in [1.29, 1.82) is 0 Å². The SMILES string of the molecule is O=C(CCc1ccc(Cl)s1)N1CCN(C(=O)C(=O)N2CCCC2)CC1. The fraction of sp³-hybridized carbons (Fsp3) is 0.588. The molecule has 0 N–H and O–H groups in total. The Morgan fingerprint density at radius 2 is 1.44 bits per heavy atom. The molecule has 25 heavy (non-hydrogen) atoms. The van der Waals surface area contributed by atoms with Gasteiger partial charge in [-0.2, -0.15) is 0 Å². The maximum absolute atomic E-state index is 12.3. The van der Waals surface area contributed by atoms with E-state index in [2.05, 4.69) is 0 Å². The summed E-state index contributed by atoms with van der Waals surface area (Å²) in [4.78, 5) is 42.9. The maximum Gasteiger partial charge on any atom is 0.312 e. The molecule has 3 rings (SSSR count). The summed E-state index contributed by atoms with van der Waals surface area (Å²) < 4.78 is 0.734. The van der Waals surface area contributed by atoms with E-state index in [1.165, 1.54) is 11.3 Å². The lowest BCUT2D eigenvalue weighted by molar-refractivity contribution is -0.153. The molecule has 0 aromatic carbocycles. The van der Waals surface area contributed by atoms with E-state index >= 15 is 0 Å². The first-order valence-corrected chi connectivity index (χ1v) is 9.84. The molecule has 2 aliphatic heterocycles. The minimum Gasteiger partial charge on any atom is -0.339 e. The number of carbonyl (C=O) groups excluding carboxylic acids is 3. The van der Waals surface area contributed by atoms with E-state index in [0.717, 1.165) is 22.1 Å². The molecule has 2 fully saturated rings. The van der Waals surface area contributed by atoms with Crippen LogP contribution in [0, 0.1) is 0 Å². The fourth-order valence-corrected chi connectivity index (χ4v) is 4.31. The largest absolute Gasteiger partial charge is 0.339 e. The number of nitrogens with zero attached hydrogens (tertiary/aromatic N) is 3. The van der Waals surface area contributed by atoms with Crippen molar-refractivity contribution in [3.8, 4) is 0 Å². The number of piperazine rings is 1. The summed E-state index contributed by atoms with van der Waals surface area (Å²) in [6.45, 7) is 3.18. The quantitative estimate of drug-likeness (QED) is 0.745. The summed E-state index contributed by atoms with van der Waals surface area (Å²) in [7, 11) is 0. The third-order valence-electron chi connectivity index (χ3n) is 4.71. The first-order valence-electron chi connectivity index (χ1n) is 8.65. The summed E-state index contributed by atoms with van der Waals surface area (Å²) in [5.74, 6) is -0.739. The zero-order chi connectivity index (χ0) is 17.8. The van der Waals surface area contributed by atoms with Gasteiger partial charge in [0.15, 0.2) is 0 Å². The fourth-order valence-electron chi connectivity index (χ4n) is 3.22. The maximum atomic E-state index is 12.3. The number of likely N-dealkylation sites (tertiary alicyclic amines) is 1. The second kappa shape index (κ2) is 8.19. The number of hydrogen-bond acceptors (Lipinski definition) is 4. The minimum absolute atomic E-state index is 0.0856. The molecule has 0 bridgehead atoms. The number of halogens is 1. The molecule has 136 valence electrons. The monoisotopic (exact) mass is 383 g/mol. The molecule has 3 heterocycles. The van der Waals surface area contributed by atoms with Gasteiger partial charge in [-0.05, 0) is 31.4 Å². The van der Waals surface area contributed by atoms with E-state index in [-0.39, 0.29) is 5.91 Å². The van der Waals surface area contributed by atoms with Crippen LogP contribution in [0.2, 0.25) is 4.34 Å². The van der Waals surface area contributed by atoms with Gasteiger partial charge >= 0.3 is 11.8 Å². The smallest absolute Gasteiger partial charge is 0.312 e. The highest BCUT2D eigenvalue weighted by Crippen LogP contribution is 2.22. The molecular formula is C17H22ClN3O3S. The van der Waals surface area contributed by atoms with Crippen molar-refractivity contribution in [2.75, 3.05) is 39.3 Å². The molecule has 0 unspecified atom stereocenters. The molecule has 2 saturated heterocycles. The van der Waals surface area contributed by atoms with Crippen molar-refractivity contribution in [2.45, 2.75) is 25.7 Å². The molecule has 0 aliphatic carbocycles. The van der Waals surface area contributed by atoms with Crippen LogP contribution in [0.25, 0.3) is 0 Å². The molecule has 0 saturated carbocycles. The molecule has 0 atom stereocenters. The third kappa shape index (κ3) is 4.52. The summed E-state index contributed by atoms with van der Waals surface area (Å²) in [5.41, 5.74) is 0. The van der Waals surface area contributed by atoms with Gasteiger partial charge in [0.25, 0.3) is 0 Å². The lowest BCUT2D eigenvalue weighted by Gasteiger charge is -2.35. The van der Waals surface area contributed by atoms with Gasteiger partial charge < -0.3 is 14.7 Å². The van der Waals surface area contributed by atoms with E-state index in [4.69, 9.17) is 11.6 Å². The molecule has 3 amide bonds. The molecule has 6 nitrogen and oxygen atoms in total. The third-order valence-corrected chi connectivity index (χ3v) is 6.00. The number of carbonyl (C=O) groups is 3. The van der Waals surface area contributed by atoms with E-state index in [1.807, 2.05) is 12.1 Å². The summed E-state index contributed by atoms with van der Waals surface area (Å²) in [5, 5.41) is 0. The van der Waals surface area contributed by atoms with Crippen molar-refractivity contribution in [3.63, 3.8) is 0 Å². The highest BCUT2D eigenvalue weighted by molar-refractivity contribution is 7.16. The molecule has 0 spiro atoms. The lowest BCUT2D eigenvalue weighted by Crippen LogP contribution is -2.54. The Kier molecular flexibility index (Phi) is 5.96. The van der Waals surface area contributed by atoms with Crippen molar-refractivity contribution >= 4 is 40.7 Å². The molecule has 0 radical (unpaired) electrons. The van der Waals surface area contributed by atoms with E-state index in [1.54, 1.807) is 14.7 Å². The average Bonchev–Trinajstić information content (AvgIpc) is 3.30. The Labute approximate surface area is 156 Å².